The molecule has 4 heteroatoms. The summed E-state index contributed by atoms with van der Waals surface area (Å²) in [6.45, 7) is 0. The molecule has 0 unspecified atom stereocenters. The number of para-hydroxylation sites is 1. The zero-order valence-electron chi connectivity index (χ0n) is 13.5. The molecule has 3 rings (SSSR count). The highest BCUT2D eigenvalue weighted by Crippen LogP contribution is 2.27. The van der Waals surface area contributed by atoms with E-state index in [0.717, 1.165) is 11.1 Å². The van der Waals surface area contributed by atoms with Crippen LogP contribution in [0.5, 0.6) is 0 Å². The van der Waals surface area contributed by atoms with Crippen LogP contribution in [0, 0.1) is 0 Å². The Kier molecular flexibility index (Phi) is 4.67. The molecule has 0 bridgehead atoms. The second kappa shape index (κ2) is 6.89. The minimum Gasteiger partial charge on any atom is -0.269 e. The molecule has 0 amide bonds. The van der Waals surface area contributed by atoms with Gasteiger partial charge in [-0.25, -0.2) is 8.42 Å². The maximum atomic E-state index is 12.9. The van der Waals surface area contributed by atoms with Gasteiger partial charge in [0.25, 0.3) is 10.0 Å². The van der Waals surface area contributed by atoms with Crippen LogP contribution in [0.1, 0.15) is 11.1 Å². The van der Waals surface area contributed by atoms with Crippen LogP contribution in [0.2, 0.25) is 0 Å². The van der Waals surface area contributed by atoms with Gasteiger partial charge in [-0.2, -0.15) is 0 Å². The molecule has 3 aromatic carbocycles. The Labute approximate surface area is 143 Å². The molecular formula is C20H19NO2S. The van der Waals surface area contributed by atoms with Gasteiger partial charge in [0.15, 0.2) is 0 Å². The van der Waals surface area contributed by atoms with Gasteiger partial charge < -0.3 is 0 Å². The summed E-state index contributed by atoms with van der Waals surface area (Å²) in [5.74, 6) is 0. The lowest BCUT2D eigenvalue weighted by Gasteiger charge is -2.22. The SMILES string of the molecule is CN(c1ccccc1Cc1ccccc1)S(=O)(=O)c1ccccc1. The summed E-state index contributed by atoms with van der Waals surface area (Å²) in [5, 5.41) is 0. The molecule has 0 fully saturated rings. The van der Waals surface area contributed by atoms with Crippen molar-refractivity contribution in [3.63, 3.8) is 0 Å². The van der Waals surface area contributed by atoms with Gasteiger partial charge in [-0.3, -0.25) is 4.31 Å². The third-order valence-electron chi connectivity index (χ3n) is 3.97. The summed E-state index contributed by atoms with van der Waals surface area (Å²) in [7, 11) is -1.97. The fraction of sp³-hybridized carbons (Fsp3) is 0.100. The molecular weight excluding hydrogens is 318 g/mol. The second-order valence-electron chi connectivity index (χ2n) is 5.58. The van der Waals surface area contributed by atoms with Crippen molar-refractivity contribution in [1.29, 1.82) is 0 Å². The topological polar surface area (TPSA) is 37.4 Å². The van der Waals surface area contributed by atoms with Crippen molar-refractivity contribution < 1.29 is 8.42 Å². The fourth-order valence-corrected chi connectivity index (χ4v) is 3.92. The maximum absolute atomic E-state index is 12.9. The zero-order valence-corrected chi connectivity index (χ0v) is 14.3. The molecule has 3 nitrogen and oxygen atoms in total. The summed E-state index contributed by atoms with van der Waals surface area (Å²) in [4.78, 5) is 0.294. The zero-order chi connectivity index (χ0) is 17.0. The molecule has 0 aromatic heterocycles. The van der Waals surface area contributed by atoms with E-state index in [2.05, 4.69) is 0 Å². The molecule has 0 spiro atoms. The van der Waals surface area contributed by atoms with Crippen LogP contribution in [0.15, 0.2) is 89.8 Å². The Bertz CT molecular complexity index is 907. The van der Waals surface area contributed by atoms with Crippen LogP contribution in [0.4, 0.5) is 5.69 Å². The lowest BCUT2D eigenvalue weighted by molar-refractivity contribution is 0.594. The molecule has 0 radical (unpaired) electrons. The number of hydrogen-bond acceptors (Lipinski definition) is 2. The first-order valence-electron chi connectivity index (χ1n) is 7.75. The fourth-order valence-electron chi connectivity index (χ4n) is 2.66. The van der Waals surface area contributed by atoms with Crippen molar-refractivity contribution in [3.05, 3.63) is 96.1 Å². The van der Waals surface area contributed by atoms with Crippen LogP contribution in [-0.4, -0.2) is 15.5 Å². The van der Waals surface area contributed by atoms with E-state index in [1.54, 1.807) is 31.3 Å². The first-order valence-corrected chi connectivity index (χ1v) is 9.19. The smallest absolute Gasteiger partial charge is 0.264 e. The lowest BCUT2D eigenvalue weighted by atomic mass is 10.0. The Hall–Kier alpha value is -2.59. The van der Waals surface area contributed by atoms with Gasteiger partial charge in [0, 0.05) is 7.05 Å². The lowest BCUT2D eigenvalue weighted by Crippen LogP contribution is -2.27. The quantitative estimate of drug-likeness (QED) is 0.703. The van der Waals surface area contributed by atoms with Crippen molar-refractivity contribution in [2.24, 2.45) is 0 Å². The molecule has 0 atom stereocenters. The second-order valence-corrected chi connectivity index (χ2v) is 7.55. The van der Waals surface area contributed by atoms with Gasteiger partial charge in [-0.05, 0) is 35.7 Å². The van der Waals surface area contributed by atoms with Gasteiger partial charge in [-0.15, -0.1) is 0 Å². The molecule has 0 N–H and O–H groups in total. The summed E-state index contributed by atoms with van der Waals surface area (Å²) < 4.78 is 27.1. The van der Waals surface area contributed by atoms with Crippen molar-refractivity contribution in [2.75, 3.05) is 11.4 Å². The van der Waals surface area contributed by atoms with Crippen LogP contribution in [0.25, 0.3) is 0 Å². The molecule has 122 valence electrons. The summed E-state index contributed by atoms with van der Waals surface area (Å²) in [6, 6.07) is 26.2. The van der Waals surface area contributed by atoms with E-state index < -0.39 is 10.0 Å². The number of nitrogens with zero attached hydrogens (tertiary/aromatic N) is 1. The highest BCUT2D eigenvalue weighted by Gasteiger charge is 2.22. The molecule has 0 aliphatic rings. The minimum atomic E-state index is -3.57. The first kappa shape index (κ1) is 16.3. The largest absolute Gasteiger partial charge is 0.269 e. The Morgan fingerprint density at radius 3 is 1.96 bits per heavy atom. The monoisotopic (exact) mass is 337 g/mol. The molecule has 0 aliphatic carbocycles. The molecule has 0 saturated carbocycles. The highest BCUT2D eigenvalue weighted by molar-refractivity contribution is 7.92. The van der Waals surface area contributed by atoms with Crippen LogP contribution in [0.3, 0.4) is 0 Å². The maximum Gasteiger partial charge on any atom is 0.264 e. The molecule has 0 saturated heterocycles. The van der Waals surface area contributed by atoms with E-state index in [-0.39, 0.29) is 0 Å². The van der Waals surface area contributed by atoms with Gasteiger partial charge in [0.05, 0.1) is 10.6 Å². The summed E-state index contributed by atoms with van der Waals surface area (Å²) in [6.07, 6.45) is 0.686. The molecule has 0 heterocycles. The van der Waals surface area contributed by atoms with Gasteiger partial charge in [0.2, 0.25) is 0 Å². The van der Waals surface area contributed by atoms with E-state index in [0.29, 0.717) is 17.0 Å². The van der Waals surface area contributed by atoms with Gasteiger partial charge in [-0.1, -0.05) is 66.7 Å². The third kappa shape index (κ3) is 3.34. The van der Waals surface area contributed by atoms with Crippen LogP contribution >= 0.6 is 0 Å². The van der Waals surface area contributed by atoms with Gasteiger partial charge >= 0.3 is 0 Å². The third-order valence-corrected chi connectivity index (χ3v) is 5.76. The van der Waals surface area contributed by atoms with E-state index in [1.165, 1.54) is 4.31 Å². The van der Waals surface area contributed by atoms with Crippen molar-refractivity contribution in [2.45, 2.75) is 11.3 Å². The first-order chi connectivity index (χ1) is 11.6. The van der Waals surface area contributed by atoms with Crippen molar-refractivity contribution in [3.8, 4) is 0 Å². The normalized spacial score (nSPS) is 11.2. The van der Waals surface area contributed by atoms with E-state index >= 15 is 0 Å². The minimum absolute atomic E-state index is 0.294. The van der Waals surface area contributed by atoms with E-state index in [9.17, 15) is 8.42 Å². The van der Waals surface area contributed by atoms with Crippen LogP contribution < -0.4 is 4.31 Å². The van der Waals surface area contributed by atoms with E-state index in [1.807, 2.05) is 60.7 Å². The molecule has 0 aliphatic heterocycles. The van der Waals surface area contributed by atoms with Gasteiger partial charge in [0.1, 0.15) is 0 Å². The Morgan fingerprint density at radius 1 is 0.750 bits per heavy atom. The Morgan fingerprint density at radius 2 is 1.29 bits per heavy atom. The number of rotatable bonds is 5. The number of sulfonamides is 1. The van der Waals surface area contributed by atoms with Crippen molar-refractivity contribution >= 4 is 15.7 Å². The standard InChI is InChI=1S/C20H19NO2S/c1-21(24(22,23)19-13-6-3-7-14-19)20-15-9-8-12-18(20)16-17-10-4-2-5-11-17/h2-15H,16H2,1H3. The highest BCUT2D eigenvalue weighted by atomic mass is 32.2. The Balaban J connectivity index is 1.98. The molecule has 24 heavy (non-hydrogen) atoms. The number of benzene rings is 3. The summed E-state index contributed by atoms with van der Waals surface area (Å²) in [5.41, 5.74) is 2.83. The number of anilines is 1. The average Bonchev–Trinajstić information content (AvgIpc) is 2.63. The summed E-state index contributed by atoms with van der Waals surface area (Å²) >= 11 is 0. The molecule has 3 aromatic rings. The van der Waals surface area contributed by atoms with E-state index in [4.69, 9.17) is 0 Å². The van der Waals surface area contributed by atoms with Crippen molar-refractivity contribution in [1.82, 2.24) is 0 Å². The average molecular weight is 337 g/mol. The predicted molar refractivity (Wildman–Crippen MR) is 97.7 cm³/mol. The predicted octanol–water partition coefficient (Wildman–Crippen LogP) is 4.10. The number of hydrogen-bond donors (Lipinski definition) is 0. The van der Waals surface area contributed by atoms with Crippen LogP contribution in [-0.2, 0) is 16.4 Å².